The van der Waals surface area contributed by atoms with Crippen molar-refractivity contribution in [2.24, 2.45) is 5.92 Å². The topological polar surface area (TPSA) is 82.8 Å². The van der Waals surface area contributed by atoms with Crippen LogP contribution < -0.4 is 10.3 Å². The Bertz CT molecular complexity index is 969. The average molecular weight is 390 g/mol. The van der Waals surface area contributed by atoms with E-state index in [0.29, 0.717) is 49.2 Å². The van der Waals surface area contributed by atoms with Gasteiger partial charge in [-0.1, -0.05) is 13.8 Å². The molecule has 0 bridgehead atoms. The number of fused-ring (bicyclic) bond motifs is 1. The van der Waals surface area contributed by atoms with E-state index in [1.54, 1.807) is 4.57 Å². The summed E-state index contributed by atoms with van der Waals surface area (Å²) >= 11 is 0. The number of aromatic carboxylic acids is 1. The molecule has 1 aliphatic rings. The van der Waals surface area contributed by atoms with E-state index in [4.69, 9.17) is 0 Å². The van der Waals surface area contributed by atoms with Crippen molar-refractivity contribution < 1.29 is 19.4 Å². The van der Waals surface area contributed by atoms with E-state index in [0.717, 1.165) is 6.42 Å². The first kappa shape index (κ1) is 20.3. The van der Waals surface area contributed by atoms with Gasteiger partial charge in [-0.2, -0.15) is 0 Å². The number of aliphatic hydroxyl groups excluding tert-OH is 1. The van der Waals surface area contributed by atoms with Crippen molar-refractivity contribution in [3.63, 3.8) is 0 Å². The molecule has 0 unspecified atom stereocenters. The predicted octanol–water partition coefficient (Wildman–Crippen LogP) is 3.02. The number of piperidine rings is 1. The highest BCUT2D eigenvalue weighted by atomic mass is 19.1. The summed E-state index contributed by atoms with van der Waals surface area (Å²) in [5.74, 6) is -1.76. The molecule has 0 saturated carbocycles. The number of rotatable bonds is 5. The third-order valence-corrected chi connectivity index (χ3v) is 5.84. The second-order valence-electron chi connectivity index (χ2n) is 7.37. The minimum absolute atomic E-state index is 0.0660. The number of nitrogens with zero attached hydrogens (tertiary/aromatic N) is 2. The number of carboxylic acid groups (broad SMARTS) is 1. The molecule has 152 valence electrons. The fraction of sp³-hybridized carbons (Fsp3) is 0.524. The van der Waals surface area contributed by atoms with Crippen LogP contribution in [-0.4, -0.2) is 39.9 Å². The van der Waals surface area contributed by atoms with Gasteiger partial charge in [-0.25, -0.2) is 9.18 Å². The van der Waals surface area contributed by atoms with E-state index in [-0.39, 0.29) is 23.0 Å². The molecule has 3 rings (SSSR count). The van der Waals surface area contributed by atoms with Crippen molar-refractivity contribution in [3.8, 4) is 0 Å². The zero-order valence-electron chi connectivity index (χ0n) is 16.5. The lowest BCUT2D eigenvalue weighted by atomic mass is 9.91. The SMILES string of the molecule is CCc1c(N2CC[C@@H](O)[C@H](CC)C2)c(F)cc2c(=O)c(C(=O)O)cn(CC)c12. The number of hydrogen-bond acceptors (Lipinski definition) is 4. The Morgan fingerprint density at radius 3 is 2.61 bits per heavy atom. The third kappa shape index (κ3) is 3.28. The first-order valence-corrected chi connectivity index (χ1v) is 9.88. The molecule has 1 fully saturated rings. The van der Waals surface area contributed by atoms with Crippen LogP contribution in [0.15, 0.2) is 17.1 Å². The quantitative estimate of drug-likeness (QED) is 0.820. The number of anilines is 1. The van der Waals surface area contributed by atoms with Crippen molar-refractivity contribution in [3.05, 3.63) is 39.4 Å². The number of carbonyl (C=O) groups is 1. The van der Waals surface area contributed by atoms with Gasteiger partial charge in [0.2, 0.25) is 5.43 Å². The summed E-state index contributed by atoms with van der Waals surface area (Å²) in [6, 6.07) is 1.18. The highest BCUT2D eigenvalue weighted by Gasteiger charge is 2.30. The Balaban J connectivity index is 2.28. The van der Waals surface area contributed by atoms with E-state index in [9.17, 15) is 19.8 Å². The molecule has 1 aromatic carbocycles. The van der Waals surface area contributed by atoms with Crippen LogP contribution >= 0.6 is 0 Å². The third-order valence-electron chi connectivity index (χ3n) is 5.84. The van der Waals surface area contributed by atoms with Crippen LogP contribution in [0.3, 0.4) is 0 Å². The number of pyridine rings is 1. The van der Waals surface area contributed by atoms with Gasteiger partial charge in [0.25, 0.3) is 0 Å². The number of carboxylic acids is 1. The Kier molecular flexibility index (Phi) is 5.74. The average Bonchev–Trinajstić information content (AvgIpc) is 2.68. The molecule has 2 N–H and O–H groups in total. The lowest BCUT2D eigenvalue weighted by Crippen LogP contribution is -2.43. The molecule has 28 heavy (non-hydrogen) atoms. The maximum absolute atomic E-state index is 15.2. The first-order valence-electron chi connectivity index (χ1n) is 9.88. The van der Waals surface area contributed by atoms with E-state index in [1.165, 1.54) is 12.3 Å². The van der Waals surface area contributed by atoms with Crippen molar-refractivity contribution in [2.75, 3.05) is 18.0 Å². The van der Waals surface area contributed by atoms with Crippen LogP contribution in [0, 0.1) is 11.7 Å². The van der Waals surface area contributed by atoms with Gasteiger partial charge in [0.1, 0.15) is 11.4 Å². The van der Waals surface area contributed by atoms with Gasteiger partial charge in [0.15, 0.2) is 0 Å². The molecular formula is C21H27FN2O4. The van der Waals surface area contributed by atoms with Gasteiger partial charge in [0.05, 0.1) is 17.3 Å². The van der Waals surface area contributed by atoms with Crippen molar-refractivity contribution >= 4 is 22.6 Å². The number of halogens is 1. The Labute approximate surface area is 163 Å². The van der Waals surface area contributed by atoms with E-state index < -0.39 is 17.2 Å². The highest BCUT2D eigenvalue weighted by Crippen LogP contribution is 2.35. The first-order chi connectivity index (χ1) is 13.3. The van der Waals surface area contributed by atoms with Gasteiger partial charge in [-0.3, -0.25) is 4.79 Å². The summed E-state index contributed by atoms with van der Waals surface area (Å²) in [6.07, 6.45) is 2.84. The summed E-state index contributed by atoms with van der Waals surface area (Å²) in [7, 11) is 0. The number of aromatic nitrogens is 1. The molecule has 0 radical (unpaired) electrons. The molecule has 6 nitrogen and oxygen atoms in total. The normalized spacial score (nSPS) is 20.0. The molecular weight excluding hydrogens is 363 g/mol. The summed E-state index contributed by atoms with van der Waals surface area (Å²) in [5.41, 5.74) is 0.751. The van der Waals surface area contributed by atoms with E-state index >= 15 is 4.39 Å². The zero-order valence-corrected chi connectivity index (χ0v) is 16.5. The molecule has 1 aromatic heterocycles. The standard InChI is InChI=1S/C21H27FN2O4/c1-4-12-10-24(8-7-17(12)25)19-13(5-2)18-14(9-16(19)22)20(26)15(21(27)28)11-23(18)6-3/h9,11-12,17,25H,4-8,10H2,1-3H3,(H,27,28)/t12-,17-/m1/s1. The summed E-state index contributed by atoms with van der Waals surface area (Å²) in [6.45, 7) is 7.33. The molecule has 7 heteroatoms. The Hall–Kier alpha value is -2.41. The van der Waals surface area contributed by atoms with Crippen molar-refractivity contribution in [1.29, 1.82) is 0 Å². The van der Waals surface area contributed by atoms with Crippen LogP contribution in [0.4, 0.5) is 10.1 Å². The maximum Gasteiger partial charge on any atom is 0.341 e. The number of aliphatic hydroxyl groups is 1. The van der Waals surface area contributed by atoms with Crippen LogP contribution in [0.25, 0.3) is 10.9 Å². The van der Waals surface area contributed by atoms with Gasteiger partial charge >= 0.3 is 5.97 Å². The van der Waals surface area contributed by atoms with Crippen LogP contribution in [0.1, 0.15) is 49.5 Å². The second kappa shape index (κ2) is 7.91. The Morgan fingerprint density at radius 2 is 2.04 bits per heavy atom. The molecule has 0 amide bonds. The molecule has 2 aromatic rings. The minimum Gasteiger partial charge on any atom is -0.477 e. The van der Waals surface area contributed by atoms with Crippen LogP contribution in [-0.2, 0) is 13.0 Å². The summed E-state index contributed by atoms with van der Waals surface area (Å²) in [4.78, 5) is 26.1. The fourth-order valence-electron chi connectivity index (χ4n) is 4.31. The lowest BCUT2D eigenvalue weighted by Gasteiger charge is -2.38. The summed E-state index contributed by atoms with van der Waals surface area (Å²) < 4.78 is 16.9. The highest BCUT2D eigenvalue weighted by molar-refractivity contribution is 5.95. The zero-order chi connectivity index (χ0) is 20.6. The van der Waals surface area contributed by atoms with Gasteiger partial charge in [0, 0.05) is 42.7 Å². The lowest BCUT2D eigenvalue weighted by molar-refractivity contribution is 0.0694. The minimum atomic E-state index is -1.31. The van der Waals surface area contributed by atoms with Crippen LogP contribution in [0.5, 0.6) is 0 Å². The van der Waals surface area contributed by atoms with Crippen molar-refractivity contribution in [1.82, 2.24) is 4.57 Å². The molecule has 1 aliphatic heterocycles. The number of benzene rings is 1. The van der Waals surface area contributed by atoms with Crippen molar-refractivity contribution in [2.45, 2.75) is 52.7 Å². The fourth-order valence-corrected chi connectivity index (χ4v) is 4.31. The molecule has 2 atom stereocenters. The Morgan fingerprint density at radius 1 is 1.32 bits per heavy atom. The second-order valence-corrected chi connectivity index (χ2v) is 7.37. The smallest absolute Gasteiger partial charge is 0.341 e. The molecule has 0 spiro atoms. The van der Waals surface area contributed by atoms with Gasteiger partial charge in [-0.05, 0) is 32.3 Å². The number of hydrogen-bond donors (Lipinski definition) is 2. The molecule has 2 heterocycles. The maximum atomic E-state index is 15.2. The predicted molar refractivity (Wildman–Crippen MR) is 107 cm³/mol. The summed E-state index contributed by atoms with van der Waals surface area (Å²) in [5, 5.41) is 19.6. The monoisotopic (exact) mass is 390 g/mol. The molecule has 1 saturated heterocycles. The molecule has 0 aliphatic carbocycles. The number of aryl methyl sites for hydroxylation is 2. The van der Waals surface area contributed by atoms with Crippen LogP contribution in [0.2, 0.25) is 0 Å². The van der Waals surface area contributed by atoms with Gasteiger partial charge < -0.3 is 19.7 Å². The van der Waals surface area contributed by atoms with E-state index in [1.807, 2.05) is 25.7 Å². The largest absolute Gasteiger partial charge is 0.477 e. The van der Waals surface area contributed by atoms with E-state index in [2.05, 4.69) is 0 Å². The van der Waals surface area contributed by atoms with Gasteiger partial charge in [-0.15, -0.1) is 0 Å².